The normalized spacial score (nSPS) is 13.9. The minimum absolute atomic E-state index is 0. The Labute approximate surface area is 202 Å². The second kappa shape index (κ2) is 12.0. The average molecular weight is 467 g/mol. The molecule has 0 aromatic heterocycles. The van der Waals surface area contributed by atoms with E-state index >= 15 is 0 Å². The summed E-state index contributed by atoms with van der Waals surface area (Å²) >= 11 is 0. The number of carbonyl (C=O) groups is 1. The van der Waals surface area contributed by atoms with Gasteiger partial charge in [0.1, 0.15) is 5.82 Å². The molecule has 1 fully saturated rings. The molecule has 3 aromatic carbocycles. The lowest BCUT2D eigenvalue weighted by Crippen LogP contribution is -2.27. The van der Waals surface area contributed by atoms with Gasteiger partial charge in [0.2, 0.25) is 5.91 Å². The third-order valence-corrected chi connectivity index (χ3v) is 6.32. The highest BCUT2D eigenvalue weighted by Gasteiger charge is 2.17. The summed E-state index contributed by atoms with van der Waals surface area (Å²) in [6, 6.07) is 21.0. The largest absolute Gasteiger partial charge is 0.326 e. The lowest BCUT2D eigenvalue weighted by molar-refractivity contribution is -0.116. The van der Waals surface area contributed by atoms with Crippen LogP contribution in [0.3, 0.4) is 0 Å². The number of piperidine rings is 1. The number of hydrogen-bond donors (Lipinski definition) is 2. The first kappa shape index (κ1) is 24.9. The maximum Gasteiger partial charge on any atom is 0.224 e. The van der Waals surface area contributed by atoms with E-state index in [1.807, 2.05) is 24.3 Å². The Bertz CT molecular complexity index is 1060. The maximum atomic E-state index is 13.4. The van der Waals surface area contributed by atoms with Crippen LogP contribution in [0.25, 0.3) is 11.1 Å². The van der Waals surface area contributed by atoms with Crippen LogP contribution in [0.2, 0.25) is 0 Å². The van der Waals surface area contributed by atoms with Gasteiger partial charge in [-0.1, -0.05) is 42.5 Å². The number of aryl methyl sites for hydroxylation is 2. The molecule has 0 aliphatic carbocycles. The summed E-state index contributed by atoms with van der Waals surface area (Å²) in [5, 5.41) is 6.50. The van der Waals surface area contributed by atoms with Gasteiger partial charge in [0.15, 0.2) is 0 Å². The summed E-state index contributed by atoms with van der Waals surface area (Å²) in [7, 11) is 0. The van der Waals surface area contributed by atoms with Crippen LogP contribution >= 0.6 is 12.4 Å². The zero-order chi connectivity index (χ0) is 22.3. The number of rotatable bonds is 7. The lowest BCUT2D eigenvalue weighted by Gasteiger charge is -2.25. The highest BCUT2D eigenvalue weighted by Crippen LogP contribution is 2.30. The van der Waals surface area contributed by atoms with Crippen molar-refractivity contribution in [1.29, 1.82) is 0 Å². The number of carbonyl (C=O) groups excluding carboxylic acids is 1. The van der Waals surface area contributed by atoms with E-state index in [4.69, 9.17) is 0 Å². The van der Waals surface area contributed by atoms with E-state index in [9.17, 15) is 9.18 Å². The predicted octanol–water partition coefficient (Wildman–Crippen LogP) is 6.65. The molecule has 0 unspecified atom stereocenters. The Kier molecular flexibility index (Phi) is 9.04. The molecule has 1 heterocycles. The van der Waals surface area contributed by atoms with Gasteiger partial charge in [-0.05, 0) is 104 Å². The van der Waals surface area contributed by atoms with E-state index in [0.717, 1.165) is 55.6 Å². The molecule has 0 atom stereocenters. The fourth-order valence-electron chi connectivity index (χ4n) is 4.50. The van der Waals surface area contributed by atoms with Crippen LogP contribution in [0.15, 0.2) is 66.7 Å². The maximum absolute atomic E-state index is 13.4. The van der Waals surface area contributed by atoms with E-state index in [-0.39, 0.29) is 24.1 Å². The third kappa shape index (κ3) is 6.89. The fraction of sp³-hybridized carbons (Fsp3) is 0.321. The summed E-state index contributed by atoms with van der Waals surface area (Å²) in [6.45, 7) is 4.27. The predicted molar refractivity (Wildman–Crippen MR) is 137 cm³/mol. The number of nitrogens with one attached hydrogen (secondary N) is 2. The molecule has 1 amide bonds. The van der Waals surface area contributed by atoms with E-state index < -0.39 is 0 Å². The summed E-state index contributed by atoms with van der Waals surface area (Å²) in [5.41, 5.74) is 6.61. The van der Waals surface area contributed by atoms with Crippen molar-refractivity contribution in [2.75, 3.05) is 18.4 Å². The first-order valence-electron chi connectivity index (χ1n) is 11.5. The standard InChI is InChI=1S/C28H31FN2O.ClH/c1-20-8-13-26(19-27(20)23-14-16-30-17-15-23)31-28(32)7-2-4-21-9-11-22(12-10-21)24-5-3-6-25(29)18-24;/h3,5-6,8-13,18-19,23,30H,2,4,7,14-17H2,1H3,(H,31,32);1H. The first-order valence-corrected chi connectivity index (χ1v) is 11.5. The molecule has 33 heavy (non-hydrogen) atoms. The van der Waals surface area contributed by atoms with Crippen molar-refractivity contribution in [2.45, 2.75) is 44.9 Å². The molecule has 0 bridgehead atoms. The second-order valence-corrected chi connectivity index (χ2v) is 8.70. The van der Waals surface area contributed by atoms with Gasteiger partial charge in [-0.2, -0.15) is 0 Å². The molecular formula is C28H32ClFN2O. The molecule has 4 rings (SSSR count). The molecule has 2 N–H and O–H groups in total. The Morgan fingerprint density at radius 1 is 1.00 bits per heavy atom. The average Bonchev–Trinajstić information content (AvgIpc) is 2.81. The molecule has 1 aliphatic rings. The Morgan fingerprint density at radius 2 is 1.76 bits per heavy atom. The number of anilines is 1. The molecule has 5 heteroatoms. The van der Waals surface area contributed by atoms with Gasteiger partial charge >= 0.3 is 0 Å². The van der Waals surface area contributed by atoms with E-state index in [2.05, 4.69) is 41.8 Å². The van der Waals surface area contributed by atoms with Gasteiger partial charge in [-0.3, -0.25) is 4.79 Å². The van der Waals surface area contributed by atoms with Crippen molar-refractivity contribution in [3.8, 4) is 11.1 Å². The lowest BCUT2D eigenvalue weighted by atomic mass is 9.87. The number of amides is 1. The van der Waals surface area contributed by atoms with Crippen LogP contribution in [0.5, 0.6) is 0 Å². The van der Waals surface area contributed by atoms with Crippen molar-refractivity contribution in [3.63, 3.8) is 0 Å². The molecule has 0 saturated carbocycles. The number of halogens is 2. The smallest absolute Gasteiger partial charge is 0.224 e. The van der Waals surface area contributed by atoms with Crippen LogP contribution < -0.4 is 10.6 Å². The summed E-state index contributed by atoms with van der Waals surface area (Å²) in [4.78, 5) is 12.5. The molecule has 1 aliphatic heterocycles. The van der Waals surface area contributed by atoms with Gasteiger partial charge in [0, 0.05) is 12.1 Å². The van der Waals surface area contributed by atoms with Crippen LogP contribution in [0.1, 0.15) is 48.3 Å². The van der Waals surface area contributed by atoms with Gasteiger partial charge in [0.05, 0.1) is 0 Å². The van der Waals surface area contributed by atoms with Crippen LogP contribution in [0.4, 0.5) is 10.1 Å². The zero-order valence-electron chi connectivity index (χ0n) is 19.1. The molecular weight excluding hydrogens is 435 g/mol. The van der Waals surface area contributed by atoms with E-state index in [0.29, 0.717) is 12.3 Å². The highest BCUT2D eigenvalue weighted by molar-refractivity contribution is 5.90. The van der Waals surface area contributed by atoms with Crippen LogP contribution in [-0.4, -0.2) is 19.0 Å². The monoisotopic (exact) mass is 466 g/mol. The van der Waals surface area contributed by atoms with Crippen molar-refractivity contribution in [3.05, 3.63) is 89.2 Å². The van der Waals surface area contributed by atoms with Crippen molar-refractivity contribution in [2.24, 2.45) is 0 Å². The quantitative estimate of drug-likeness (QED) is 0.409. The SMILES string of the molecule is Cc1ccc(NC(=O)CCCc2ccc(-c3cccc(F)c3)cc2)cc1C1CCNCC1.Cl. The first-order chi connectivity index (χ1) is 15.6. The molecule has 1 saturated heterocycles. The van der Waals surface area contributed by atoms with Crippen molar-refractivity contribution in [1.82, 2.24) is 5.32 Å². The van der Waals surface area contributed by atoms with Gasteiger partial charge in [-0.15, -0.1) is 12.4 Å². The third-order valence-electron chi connectivity index (χ3n) is 6.32. The Balaban J connectivity index is 0.00000306. The van der Waals surface area contributed by atoms with E-state index in [1.165, 1.54) is 22.8 Å². The summed E-state index contributed by atoms with van der Waals surface area (Å²) in [6.07, 6.45) is 4.41. The minimum atomic E-state index is -0.228. The molecule has 0 spiro atoms. The number of hydrogen-bond acceptors (Lipinski definition) is 2. The van der Waals surface area contributed by atoms with Crippen molar-refractivity contribution < 1.29 is 9.18 Å². The van der Waals surface area contributed by atoms with Crippen LogP contribution in [0, 0.1) is 12.7 Å². The Morgan fingerprint density at radius 3 is 2.48 bits per heavy atom. The summed E-state index contributed by atoms with van der Waals surface area (Å²) in [5.74, 6) is 0.402. The number of benzene rings is 3. The molecule has 3 nitrogen and oxygen atoms in total. The van der Waals surface area contributed by atoms with E-state index in [1.54, 1.807) is 12.1 Å². The molecule has 3 aromatic rings. The zero-order valence-corrected chi connectivity index (χ0v) is 19.9. The second-order valence-electron chi connectivity index (χ2n) is 8.70. The summed E-state index contributed by atoms with van der Waals surface area (Å²) < 4.78 is 13.4. The van der Waals surface area contributed by atoms with Crippen LogP contribution in [-0.2, 0) is 11.2 Å². The van der Waals surface area contributed by atoms with Gasteiger partial charge < -0.3 is 10.6 Å². The van der Waals surface area contributed by atoms with Gasteiger partial charge in [0.25, 0.3) is 0 Å². The molecule has 0 radical (unpaired) electrons. The van der Waals surface area contributed by atoms with Crippen molar-refractivity contribution >= 4 is 24.0 Å². The fourth-order valence-corrected chi connectivity index (χ4v) is 4.50. The molecule has 174 valence electrons. The Hall–Kier alpha value is -2.69. The van der Waals surface area contributed by atoms with Gasteiger partial charge in [-0.25, -0.2) is 4.39 Å². The topological polar surface area (TPSA) is 41.1 Å². The minimum Gasteiger partial charge on any atom is -0.326 e. The highest BCUT2D eigenvalue weighted by atomic mass is 35.5.